The molecule has 0 radical (unpaired) electrons. The summed E-state index contributed by atoms with van der Waals surface area (Å²) in [6.07, 6.45) is 4.97. The highest BCUT2D eigenvalue weighted by atomic mass is 16.5. The van der Waals surface area contributed by atoms with Gasteiger partial charge in [0.15, 0.2) is 0 Å². The maximum absolute atomic E-state index is 9.15. The average Bonchev–Trinajstić information content (AvgIpc) is 3.94. The van der Waals surface area contributed by atoms with Crippen molar-refractivity contribution in [1.82, 2.24) is 14.1 Å². The molecule has 0 aliphatic heterocycles. The fourth-order valence-electron chi connectivity index (χ4n) is 7.31. The van der Waals surface area contributed by atoms with Gasteiger partial charge in [0.05, 0.1) is 52.6 Å². The van der Waals surface area contributed by atoms with E-state index in [1.165, 1.54) is 6.07 Å². The third kappa shape index (κ3) is 6.22. The number of hydrogen-bond donors (Lipinski definition) is 0. The molecule has 0 bridgehead atoms. The number of nitrogens with zero attached hydrogens (tertiary/aromatic N) is 4. The molecule has 280 valence electrons. The highest BCUT2D eigenvalue weighted by Crippen LogP contribution is 2.37. The topological polar surface area (TPSA) is 35.9 Å². The number of imidazole rings is 1. The predicted octanol–water partition coefficient (Wildman–Crippen LogP) is 13.1. The number of aromatic nitrogens is 4. The summed E-state index contributed by atoms with van der Waals surface area (Å²) in [5.41, 5.74) is 2.96. The molecular formula is C53H42N4O. The Balaban J connectivity index is 1.16. The molecule has 3 heterocycles. The van der Waals surface area contributed by atoms with Crippen LogP contribution >= 0.6 is 0 Å². The zero-order valence-electron chi connectivity index (χ0n) is 46.6. The number of ether oxygens (including phenoxy) is 1. The van der Waals surface area contributed by atoms with Crippen molar-refractivity contribution >= 4 is 32.8 Å². The third-order valence-electron chi connectivity index (χ3n) is 10.3. The number of pyridine rings is 1. The molecule has 0 spiro atoms. The number of para-hydroxylation sites is 4. The van der Waals surface area contributed by atoms with Crippen LogP contribution in [0.15, 0.2) is 188 Å². The second kappa shape index (κ2) is 14.7. The predicted molar refractivity (Wildman–Crippen MR) is 236 cm³/mol. The van der Waals surface area contributed by atoms with Gasteiger partial charge in [-0.3, -0.25) is 13.7 Å². The minimum absolute atomic E-state index is 0.0668. The van der Waals surface area contributed by atoms with Crippen LogP contribution in [0, 0.1) is 12.2 Å². The molecule has 0 amide bonds. The van der Waals surface area contributed by atoms with Crippen LogP contribution in [0.2, 0.25) is 0 Å². The summed E-state index contributed by atoms with van der Waals surface area (Å²) >= 11 is 0. The summed E-state index contributed by atoms with van der Waals surface area (Å²) in [6, 6.07) is 20.8. The first-order valence-corrected chi connectivity index (χ1v) is 18.7. The van der Waals surface area contributed by atoms with Crippen molar-refractivity contribution in [3.8, 4) is 50.9 Å². The van der Waals surface area contributed by atoms with E-state index >= 15 is 0 Å². The van der Waals surface area contributed by atoms with Crippen molar-refractivity contribution < 1.29 is 29.9 Å². The Morgan fingerprint density at radius 3 is 2.09 bits per heavy atom. The maximum atomic E-state index is 9.15. The highest BCUT2D eigenvalue weighted by Gasteiger charge is 2.21. The minimum atomic E-state index is -1.00. The Kier molecular flexibility index (Phi) is 5.69. The lowest BCUT2D eigenvalue weighted by atomic mass is 9.91. The van der Waals surface area contributed by atoms with Crippen LogP contribution in [-0.2, 0) is 0 Å². The van der Waals surface area contributed by atoms with E-state index < -0.39 is 72.4 Å². The summed E-state index contributed by atoms with van der Waals surface area (Å²) in [6.45, 7) is 5.72. The van der Waals surface area contributed by atoms with Crippen LogP contribution in [0.3, 0.4) is 0 Å². The molecule has 0 aliphatic rings. The van der Waals surface area contributed by atoms with Crippen molar-refractivity contribution in [3.05, 3.63) is 200 Å². The van der Waals surface area contributed by atoms with Gasteiger partial charge >= 0.3 is 0 Å². The monoisotopic (exact) mass is 765 g/mol. The first kappa shape index (κ1) is 22.5. The lowest BCUT2D eigenvalue weighted by molar-refractivity contribution is -0.571. The Bertz CT molecular complexity index is 3830. The van der Waals surface area contributed by atoms with Gasteiger partial charge in [0.1, 0.15) is 17.3 Å². The Morgan fingerprint density at radius 1 is 0.638 bits per heavy atom. The Morgan fingerprint density at radius 2 is 1.33 bits per heavy atom. The van der Waals surface area contributed by atoms with E-state index in [0.29, 0.717) is 55.9 Å². The fourth-order valence-corrected chi connectivity index (χ4v) is 7.31. The molecule has 1 unspecified atom stereocenters. The zero-order valence-corrected chi connectivity index (χ0v) is 31.6. The van der Waals surface area contributed by atoms with Crippen LogP contribution in [0.5, 0.6) is 11.5 Å². The van der Waals surface area contributed by atoms with Gasteiger partial charge < -0.3 is 4.74 Å². The van der Waals surface area contributed by atoms with Gasteiger partial charge in [0.25, 0.3) is 6.33 Å². The molecule has 0 saturated heterocycles. The molecule has 5 nitrogen and oxygen atoms in total. The van der Waals surface area contributed by atoms with Gasteiger partial charge in [-0.05, 0) is 88.1 Å². The SMILES string of the molecule is [2H]c1c([2H])c([2H])c(-c2cccc(-c3c([2H])c([2H])c([2H])c([2H])c3[2H])c2-[n+]2[c-]n(-c3cccc(Oc4ccc5c6c([2H])c([2H])c([2H])c([2H])c6n(-c6cc(C([2H])(C)C(C)C)ccn6)c5c4)c3)c3ccccc32)c([2H])c1[2H]. The van der Waals surface area contributed by atoms with Crippen LogP contribution in [0.1, 0.15) is 52.8 Å². The molecule has 0 aliphatic carbocycles. The van der Waals surface area contributed by atoms with E-state index in [0.717, 1.165) is 0 Å². The van der Waals surface area contributed by atoms with E-state index in [2.05, 4.69) is 11.3 Å². The zero-order chi connectivity index (χ0) is 52.3. The standard InChI is InChI=1S/C53H42N4O/c1-36(2)37(3)40-30-31-54-52(32-40)57-48-25-11-10-22-46(48)47-29-28-43(34-51(47)57)58-42-21-14-20-41(33-42)55-35-56(50-27-13-12-26-49(50)55)53-44(38-16-6-4-7-17-38)23-15-24-45(53)39-18-8-5-9-19-39/h4-34,36-37H,1-3H3/i4D,5D,6D,7D,8D,9D,10D,11D,16D,17D,18D,19D,22D,25D,37D. The molecule has 7 aromatic carbocycles. The van der Waals surface area contributed by atoms with Crippen LogP contribution in [-0.4, -0.2) is 14.1 Å². The third-order valence-corrected chi connectivity index (χ3v) is 10.3. The van der Waals surface area contributed by atoms with Crippen molar-refractivity contribution in [2.24, 2.45) is 5.92 Å². The van der Waals surface area contributed by atoms with Gasteiger partial charge in [0, 0.05) is 24.4 Å². The van der Waals surface area contributed by atoms with Crippen LogP contribution in [0.4, 0.5) is 0 Å². The molecule has 0 fully saturated rings. The molecule has 0 saturated carbocycles. The molecule has 58 heavy (non-hydrogen) atoms. The molecule has 1 atom stereocenters. The first-order valence-electron chi connectivity index (χ1n) is 26.2. The quantitative estimate of drug-likeness (QED) is 0.108. The van der Waals surface area contributed by atoms with E-state index in [1.807, 2.05) is 26.8 Å². The first-order chi connectivity index (χ1) is 34.6. The summed E-state index contributed by atoms with van der Waals surface area (Å²) in [5.74, 6) is -0.00505. The molecule has 0 N–H and O–H groups in total. The van der Waals surface area contributed by atoms with Gasteiger partial charge in [0.2, 0.25) is 0 Å². The maximum Gasteiger partial charge on any atom is 0.269 e. The second-order valence-electron chi connectivity index (χ2n) is 14.0. The molecule has 10 rings (SSSR count). The summed E-state index contributed by atoms with van der Waals surface area (Å²) < 4.78 is 143. The normalized spacial score (nSPS) is 16.3. The summed E-state index contributed by atoms with van der Waals surface area (Å²) in [7, 11) is 0. The number of hydrogen-bond acceptors (Lipinski definition) is 2. The smallest absolute Gasteiger partial charge is 0.269 e. The fraction of sp³-hybridized carbons (Fsp3) is 0.0943. The van der Waals surface area contributed by atoms with E-state index in [4.69, 9.17) is 25.3 Å². The molecule has 3 aromatic heterocycles. The largest absolute Gasteiger partial charge is 0.458 e. The van der Waals surface area contributed by atoms with Gasteiger partial charge in [-0.25, -0.2) is 4.98 Å². The number of benzene rings is 7. The molecular weight excluding hydrogens is 709 g/mol. The summed E-state index contributed by atoms with van der Waals surface area (Å²) in [5, 5.41) is 0.822. The molecule has 10 aromatic rings. The highest BCUT2D eigenvalue weighted by molar-refractivity contribution is 6.09. The lowest BCUT2D eigenvalue weighted by Gasteiger charge is -2.17. The van der Waals surface area contributed by atoms with E-state index in [9.17, 15) is 0 Å². The Labute approximate surface area is 359 Å². The van der Waals surface area contributed by atoms with Crippen molar-refractivity contribution in [2.75, 3.05) is 0 Å². The van der Waals surface area contributed by atoms with E-state index in [-0.39, 0.29) is 57.5 Å². The van der Waals surface area contributed by atoms with Crippen LogP contribution < -0.4 is 9.30 Å². The summed E-state index contributed by atoms with van der Waals surface area (Å²) in [4.78, 5) is 4.66. The second-order valence-corrected chi connectivity index (χ2v) is 14.0. The average molecular weight is 766 g/mol. The number of fused-ring (bicyclic) bond motifs is 4. The van der Waals surface area contributed by atoms with Gasteiger partial charge in [-0.15, -0.1) is 0 Å². The lowest BCUT2D eigenvalue weighted by Crippen LogP contribution is -2.31. The van der Waals surface area contributed by atoms with Gasteiger partial charge in [-0.2, -0.15) is 0 Å². The van der Waals surface area contributed by atoms with Gasteiger partial charge in [-0.1, -0.05) is 148 Å². The Hall–Kier alpha value is -7.24. The van der Waals surface area contributed by atoms with Crippen molar-refractivity contribution in [2.45, 2.75) is 26.7 Å². The minimum Gasteiger partial charge on any atom is -0.458 e. The van der Waals surface area contributed by atoms with Crippen molar-refractivity contribution in [3.63, 3.8) is 0 Å². The van der Waals surface area contributed by atoms with E-state index in [1.54, 1.807) is 105 Å². The van der Waals surface area contributed by atoms with Crippen LogP contribution in [0.25, 0.3) is 72.3 Å². The van der Waals surface area contributed by atoms with Crippen molar-refractivity contribution in [1.29, 1.82) is 0 Å². The molecule has 5 heteroatoms. The number of rotatable bonds is 9.